The van der Waals surface area contributed by atoms with Gasteiger partial charge in [-0.2, -0.15) is 0 Å². The van der Waals surface area contributed by atoms with Gasteiger partial charge in [-0.3, -0.25) is 4.79 Å². The molecule has 2 fully saturated rings. The minimum Gasteiger partial charge on any atom is -0.342 e. The number of benzene rings is 1. The van der Waals surface area contributed by atoms with E-state index in [1.54, 1.807) is 4.90 Å². The number of hydrogen-bond donors (Lipinski definition) is 1. The standard InChI is InChI=1S/C15H17F3N2O/c16-11-5-13(18)12(17)3-9(11)4-15(21)20-6-8-1-2-14(19)10(8)7-20/h3,5,8,10,14H,1-2,4,6-7,19H2. The van der Waals surface area contributed by atoms with Gasteiger partial charge in [0.2, 0.25) is 5.91 Å². The van der Waals surface area contributed by atoms with E-state index in [9.17, 15) is 18.0 Å². The molecule has 6 heteroatoms. The SMILES string of the molecule is NC1CCC2CN(C(=O)Cc3cc(F)c(F)cc3F)CC12. The monoisotopic (exact) mass is 298 g/mol. The van der Waals surface area contributed by atoms with Crippen LogP contribution in [0.4, 0.5) is 13.2 Å². The molecule has 1 aromatic rings. The van der Waals surface area contributed by atoms with Crippen molar-refractivity contribution < 1.29 is 18.0 Å². The van der Waals surface area contributed by atoms with E-state index in [0.29, 0.717) is 31.0 Å². The number of rotatable bonds is 2. The average molecular weight is 298 g/mol. The third-order valence-electron chi connectivity index (χ3n) is 4.70. The Labute approximate surface area is 120 Å². The van der Waals surface area contributed by atoms with Gasteiger partial charge in [0, 0.05) is 30.8 Å². The van der Waals surface area contributed by atoms with Gasteiger partial charge in [0.25, 0.3) is 0 Å². The van der Waals surface area contributed by atoms with Crippen molar-refractivity contribution in [3.63, 3.8) is 0 Å². The number of amides is 1. The van der Waals surface area contributed by atoms with E-state index >= 15 is 0 Å². The first-order chi connectivity index (χ1) is 9.95. The molecule has 2 aliphatic rings. The summed E-state index contributed by atoms with van der Waals surface area (Å²) in [4.78, 5) is 13.9. The Balaban J connectivity index is 1.69. The van der Waals surface area contributed by atoms with Crippen molar-refractivity contribution in [2.24, 2.45) is 17.6 Å². The summed E-state index contributed by atoms with van der Waals surface area (Å²) >= 11 is 0. The molecule has 0 aromatic heterocycles. The Morgan fingerprint density at radius 2 is 1.86 bits per heavy atom. The second-order valence-electron chi connectivity index (χ2n) is 6.00. The van der Waals surface area contributed by atoms with E-state index in [-0.39, 0.29) is 23.9 Å². The molecule has 3 unspecified atom stereocenters. The van der Waals surface area contributed by atoms with Crippen LogP contribution < -0.4 is 5.73 Å². The molecule has 3 atom stereocenters. The first kappa shape index (κ1) is 14.4. The number of carbonyl (C=O) groups excluding carboxylic acids is 1. The summed E-state index contributed by atoms with van der Waals surface area (Å²) < 4.78 is 39.6. The Kier molecular flexibility index (Phi) is 3.65. The fraction of sp³-hybridized carbons (Fsp3) is 0.533. The van der Waals surface area contributed by atoms with Crippen LogP contribution in [0.2, 0.25) is 0 Å². The molecule has 1 amide bonds. The van der Waals surface area contributed by atoms with Crippen LogP contribution in [-0.2, 0) is 11.2 Å². The lowest BCUT2D eigenvalue weighted by molar-refractivity contribution is -0.129. The molecular formula is C15H17F3N2O. The molecule has 0 bridgehead atoms. The number of fused-ring (bicyclic) bond motifs is 1. The van der Waals surface area contributed by atoms with Crippen LogP contribution >= 0.6 is 0 Å². The van der Waals surface area contributed by atoms with E-state index in [2.05, 4.69) is 0 Å². The summed E-state index contributed by atoms with van der Waals surface area (Å²) in [5, 5.41) is 0. The molecule has 1 saturated heterocycles. The summed E-state index contributed by atoms with van der Waals surface area (Å²) in [6.45, 7) is 1.21. The highest BCUT2D eigenvalue weighted by atomic mass is 19.2. The van der Waals surface area contributed by atoms with Crippen molar-refractivity contribution in [2.75, 3.05) is 13.1 Å². The summed E-state index contributed by atoms with van der Waals surface area (Å²) in [7, 11) is 0. The summed E-state index contributed by atoms with van der Waals surface area (Å²) in [5.41, 5.74) is 5.90. The molecule has 3 rings (SSSR count). The van der Waals surface area contributed by atoms with Crippen LogP contribution in [0.25, 0.3) is 0 Å². The largest absolute Gasteiger partial charge is 0.342 e. The lowest BCUT2D eigenvalue weighted by Gasteiger charge is -2.19. The Bertz CT molecular complexity index is 578. The van der Waals surface area contributed by atoms with Crippen molar-refractivity contribution in [1.82, 2.24) is 4.90 Å². The predicted molar refractivity (Wildman–Crippen MR) is 70.8 cm³/mol. The molecule has 1 aliphatic carbocycles. The quantitative estimate of drug-likeness (QED) is 0.847. The highest BCUT2D eigenvalue weighted by Gasteiger charge is 2.42. The number of nitrogens with two attached hydrogens (primary N) is 1. The van der Waals surface area contributed by atoms with E-state index in [4.69, 9.17) is 5.73 Å². The molecule has 2 N–H and O–H groups in total. The first-order valence-corrected chi connectivity index (χ1v) is 7.12. The van der Waals surface area contributed by atoms with E-state index in [1.165, 1.54) is 0 Å². The number of halogens is 3. The fourth-order valence-electron chi connectivity index (χ4n) is 3.49. The maximum absolute atomic E-state index is 13.6. The zero-order valence-corrected chi connectivity index (χ0v) is 11.5. The van der Waals surface area contributed by atoms with Crippen molar-refractivity contribution in [3.05, 3.63) is 35.1 Å². The third-order valence-corrected chi connectivity index (χ3v) is 4.70. The number of likely N-dealkylation sites (tertiary alicyclic amines) is 1. The second-order valence-corrected chi connectivity index (χ2v) is 6.00. The summed E-state index contributed by atoms with van der Waals surface area (Å²) in [6, 6.07) is 1.35. The van der Waals surface area contributed by atoms with Gasteiger partial charge in [0.1, 0.15) is 5.82 Å². The molecule has 1 aliphatic heterocycles. The number of hydrogen-bond acceptors (Lipinski definition) is 2. The minimum absolute atomic E-state index is 0.111. The lowest BCUT2D eigenvalue weighted by Crippen LogP contribution is -2.34. The molecule has 0 radical (unpaired) electrons. The van der Waals surface area contributed by atoms with Crippen LogP contribution in [0, 0.1) is 29.3 Å². The van der Waals surface area contributed by atoms with Gasteiger partial charge in [-0.05, 0) is 30.7 Å². The zero-order chi connectivity index (χ0) is 15.1. The fourth-order valence-corrected chi connectivity index (χ4v) is 3.49. The minimum atomic E-state index is -1.25. The normalized spacial score (nSPS) is 28.0. The predicted octanol–water partition coefficient (Wildman–Crippen LogP) is 1.84. The lowest BCUT2D eigenvalue weighted by atomic mass is 9.98. The van der Waals surface area contributed by atoms with E-state index in [1.807, 2.05) is 0 Å². The van der Waals surface area contributed by atoms with Crippen molar-refractivity contribution in [2.45, 2.75) is 25.3 Å². The van der Waals surface area contributed by atoms with Gasteiger partial charge >= 0.3 is 0 Å². The second kappa shape index (κ2) is 5.33. The maximum atomic E-state index is 13.6. The number of nitrogens with zero attached hydrogens (tertiary/aromatic N) is 1. The Morgan fingerprint density at radius 1 is 1.14 bits per heavy atom. The van der Waals surface area contributed by atoms with Gasteiger partial charge in [0.05, 0.1) is 6.42 Å². The van der Waals surface area contributed by atoms with Crippen LogP contribution in [0.1, 0.15) is 18.4 Å². The number of carbonyl (C=O) groups is 1. The van der Waals surface area contributed by atoms with Crippen molar-refractivity contribution in [1.29, 1.82) is 0 Å². The Hall–Kier alpha value is -1.56. The van der Waals surface area contributed by atoms with Crippen LogP contribution in [0.15, 0.2) is 12.1 Å². The van der Waals surface area contributed by atoms with Gasteiger partial charge < -0.3 is 10.6 Å². The van der Waals surface area contributed by atoms with E-state index < -0.39 is 17.5 Å². The molecule has 3 nitrogen and oxygen atoms in total. The van der Waals surface area contributed by atoms with Crippen LogP contribution in [0.5, 0.6) is 0 Å². The maximum Gasteiger partial charge on any atom is 0.227 e. The summed E-state index contributed by atoms with van der Waals surface area (Å²) in [5.74, 6) is -2.81. The smallest absolute Gasteiger partial charge is 0.227 e. The molecule has 1 saturated carbocycles. The van der Waals surface area contributed by atoms with Crippen molar-refractivity contribution in [3.8, 4) is 0 Å². The van der Waals surface area contributed by atoms with Gasteiger partial charge in [-0.15, -0.1) is 0 Å². The third kappa shape index (κ3) is 2.64. The van der Waals surface area contributed by atoms with Crippen LogP contribution in [0.3, 0.4) is 0 Å². The van der Waals surface area contributed by atoms with Gasteiger partial charge in [-0.25, -0.2) is 13.2 Å². The van der Waals surface area contributed by atoms with E-state index in [0.717, 1.165) is 18.9 Å². The first-order valence-electron chi connectivity index (χ1n) is 7.12. The van der Waals surface area contributed by atoms with Gasteiger partial charge in [0.15, 0.2) is 11.6 Å². The highest BCUT2D eigenvalue weighted by Crippen LogP contribution is 2.37. The molecule has 1 heterocycles. The topological polar surface area (TPSA) is 46.3 Å². The van der Waals surface area contributed by atoms with Gasteiger partial charge in [-0.1, -0.05) is 0 Å². The zero-order valence-electron chi connectivity index (χ0n) is 11.5. The highest BCUT2D eigenvalue weighted by molar-refractivity contribution is 5.79. The Morgan fingerprint density at radius 3 is 2.57 bits per heavy atom. The molecule has 1 aromatic carbocycles. The summed E-state index contributed by atoms with van der Waals surface area (Å²) in [6.07, 6.45) is 1.74. The molecule has 21 heavy (non-hydrogen) atoms. The molecule has 0 spiro atoms. The average Bonchev–Trinajstić information content (AvgIpc) is 2.99. The molecule has 114 valence electrons. The van der Waals surface area contributed by atoms with Crippen molar-refractivity contribution >= 4 is 5.91 Å². The molecular weight excluding hydrogens is 281 g/mol. The van der Waals surface area contributed by atoms with Crippen LogP contribution in [-0.4, -0.2) is 29.9 Å².